The van der Waals surface area contributed by atoms with Gasteiger partial charge in [-0.25, -0.2) is 29.1 Å². The average Bonchev–Trinajstić information content (AvgIpc) is 3.46. The Hall–Kier alpha value is -4.68. The van der Waals surface area contributed by atoms with Crippen LogP contribution in [0.15, 0.2) is 98.1 Å². The fourth-order valence-corrected chi connectivity index (χ4v) is 3.33. The summed E-state index contributed by atoms with van der Waals surface area (Å²) in [5.41, 5.74) is 5.33. The lowest BCUT2D eigenvalue weighted by atomic mass is 10.3. The van der Waals surface area contributed by atoms with Gasteiger partial charge in [-0.3, -0.25) is 4.57 Å². The van der Waals surface area contributed by atoms with E-state index in [4.69, 9.17) is 0 Å². The zero-order valence-corrected chi connectivity index (χ0v) is 18.9. The molecule has 4 aromatic heterocycles. The Morgan fingerprint density at radius 3 is 1.75 bits per heavy atom. The maximum Gasteiger partial charge on any atom is 0.673 e. The third-order valence-electron chi connectivity index (χ3n) is 4.76. The van der Waals surface area contributed by atoms with E-state index in [2.05, 4.69) is 24.9 Å². The van der Waals surface area contributed by atoms with Crippen LogP contribution in [0, 0.1) is 0 Å². The van der Waals surface area contributed by atoms with Gasteiger partial charge in [-0.1, -0.05) is 36.4 Å². The molecule has 0 aliphatic heterocycles. The molecule has 0 saturated carbocycles. The number of rotatable bonds is 2. The first-order valence-electron chi connectivity index (χ1n) is 10.6. The van der Waals surface area contributed by atoms with Crippen LogP contribution in [0.5, 0.6) is 0 Å². The Kier molecular flexibility index (Phi) is 7.28. The first-order chi connectivity index (χ1) is 17.3. The smallest absolute Gasteiger partial charge is 0.418 e. The van der Waals surface area contributed by atoms with Crippen molar-refractivity contribution in [2.24, 2.45) is 7.05 Å². The molecule has 0 bridgehead atoms. The maximum absolute atomic E-state index is 9.75. The number of hydrogen-bond acceptors (Lipinski definition) is 5. The minimum absolute atomic E-state index is 0.668. The molecule has 13 heteroatoms. The highest BCUT2D eigenvalue weighted by Gasteiger charge is 2.20. The summed E-state index contributed by atoms with van der Waals surface area (Å²) >= 11 is 0. The molecule has 0 aliphatic rings. The molecule has 2 aromatic carbocycles. The Morgan fingerprint density at radius 1 is 0.639 bits per heavy atom. The fraction of sp³-hybridized carbons (Fsp3) is 0.0435. The third-order valence-corrected chi connectivity index (χ3v) is 4.76. The molecule has 182 valence electrons. The SMILES string of the molecule is C[n+]1cn(-c2ccccc2)c2nccnc21.F[B-](F)(F)F.c1ccc(-n2cnc3nccnc32)cc1. The quantitative estimate of drug-likeness (QED) is 0.203. The molecule has 0 unspecified atom stereocenters. The summed E-state index contributed by atoms with van der Waals surface area (Å²) in [5, 5.41) is 0. The molecule has 0 radical (unpaired) electrons. The topological polar surface area (TPSA) is 78.2 Å². The van der Waals surface area contributed by atoms with Crippen molar-refractivity contribution in [1.29, 1.82) is 0 Å². The molecule has 0 amide bonds. The molecule has 36 heavy (non-hydrogen) atoms. The van der Waals surface area contributed by atoms with Crippen molar-refractivity contribution in [2.75, 3.05) is 0 Å². The van der Waals surface area contributed by atoms with Crippen LogP contribution in [0.1, 0.15) is 0 Å². The molecule has 0 saturated heterocycles. The van der Waals surface area contributed by atoms with E-state index in [0.717, 1.165) is 28.3 Å². The minimum atomic E-state index is -6.00. The van der Waals surface area contributed by atoms with Crippen molar-refractivity contribution < 1.29 is 21.8 Å². The van der Waals surface area contributed by atoms with E-state index < -0.39 is 7.25 Å². The summed E-state index contributed by atoms with van der Waals surface area (Å²) in [4.78, 5) is 21.2. The normalized spacial score (nSPS) is 10.9. The Labute approximate surface area is 202 Å². The lowest BCUT2D eigenvalue weighted by Crippen LogP contribution is -2.26. The van der Waals surface area contributed by atoms with Crippen LogP contribution < -0.4 is 4.57 Å². The van der Waals surface area contributed by atoms with Gasteiger partial charge in [0.15, 0.2) is 17.6 Å². The van der Waals surface area contributed by atoms with Gasteiger partial charge in [-0.2, -0.15) is 0 Å². The van der Waals surface area contributed by atoms with Crippen LogP contribution in [-0.2, 0) is 7.05 Å². The van der Waals surface area contributed by atoms with Crippen LogP contribution in [0.25, 0.3) is 34.0 Å². The fourth-order valence-electron chi connectivity index (χ4n) is 3.33. The number of aryl methyl sites for hydroxylation is 1. The number of para-hydroxylation sites is 2. The molecule has 0 N–H and O–H groups in total. The summed E-state index contributed by atoms with van der Waals surface area (Å²) < 4.78 is 44.9. The number of benzene rings is 2. The molecule has 0 fully saturated rings. The minimum Gasteiger partial charge on any atom is -0.418 e. The highest BCUT2D eigenvalue weighted by molar-refractivity contribution is 6.50. The second kappa shape index (κ2) is 10.7. The van der Waals surface area contributed by atoms with Crippen LogP contribution in [-0.4, -0.2) is 41.3 Å². The summed E-state index contributed by atoms with van der Waals surface area (Å²) in [6.07, 6.45) is 10.5. The van der Waals surface area contributed by atoms with Crippen molar-refractivity contribution >= 4 is 29.8 Å². The zero-order valence-electron chi connectivity index (χ0n) is 18.9. The molecular weight excluding hydrogens is 475 g/mol. The average molecular weight is 494 g/mol. The molecule has 0 atom stereocenters. The molecular formula is C23H19BF4N8. The van der Waals surface area contributed by atoms with Crippen LogP contribution in [0.3, 0.4) is 0 Å². The van der Waals surface area contributed by atoms with Crippen LogP contribution in [0.2, 0.25) is 0 Å². The van der Waals surface area contributed by atoms with Gasteiger partial charge in [-0.15, -0.1) is 4.98 Å². The molecule has 8 nitrogen and oxygen atoms in total. The number of nitrogens with zero attached hydrogens (tertiary/aromatic N) is 8. The molecule has 4 heterocycles. The van der Waals surface area contributed by atoms with E-state index in [1.54, 1.807) is 31.1 Å². The van der Waals surface area contributed by atoms with E-state index in [1.807, 2.05) is 87.7 Å². The monoisotopic (exact) mass is 494 g/mol. The van der Waals surface area contributed by atoms with E-state index in [-0.39, 0.29) is 0 Å². The summed E-state index contributed by atoms with van der Waals surface area (Å²) in [6, 6.07) is 20.1. The molecule has 0 spiro atoms. The summed E-state index contributed by atoms with van der Waals surface area (Å²) in [6.45, 7) is 0. The zero-order chi connectivity index (χ0) is 25.5. The van der Waals surface area contributed by atoms with Gasteiger partial charge >= 0.3 is 12.9 Å². The Balaban J connectivity index is 0.000000143. The maximum atomic E-state index is 9.75. The predicted molar refractivity (Wildman–Crippen MR) is 127 cm³/mol. The Bertz CT molecular complexity index is 1550. The van der Waals surface area contributed by atoms with Crippen LogP contribution in [0.4, 0.5) is 17.3 Å². The largest absolute Gasteiger partial charge is 0.673 e. The van der Waals surface area contributed by atoms with Crippen molar-refractivity contribution in [3.05, 3.63) is 98.1 Å². The Morgan fingerprint density at radius 2 is 1.14 bits per heavy atom. The first kappa shape index (κ1) is 24.4. The van der Waals surface area contributed by atoms with Gasteiger partial charge in [0.2, 0.25) is 0 Å². The lowest BCUT2D eigenvalue weighted by Gasteiger charge is -2.01. The highest BCUT2D eigenvalue weighted by Crippen LogP contribution is 2.14. The highest BCUT2D eigenvalue weighted by atomic mass is 19.5. The summed E-state index contributed by atoms with van der Waals surface area (Å²) in [5.74, 6) is 0. The van der Waals surface area contributed by atoms with Crippen molar-refractivity contribution in [3.63, 3.8) is 0 Å². The van der Waals surface area contributed by atoms with Crippen molar-refractivity contribution in [3.8, 4) is 11.4 Å². The third kappa shape index (κ3) is 6.06. The number of imidazole rings is 2. The number of fused-ring (bicyclic) bond motifs is 2. The van der Waals surface area contributed by atoms with Gasteiger partial charge < -0.3 is 17.3 Å². The molecule has 6 rings (SSSR count). The van der Waals surface area contributed by atoms with E-state index >= 15 is 0 Å². The summed E-state index contributed by atoms with van der Waals surface area (Å²) in [7, 11) is -4.03. The van der Waals surface area contributed by atoms with E-state index in [1.165, 1.54) is 0 Å². The number of halogens is 4. The van der Waals surface area contributed by atoms with Crippen molar-refractivity contribution in [1.82, 2.24) is 34.1 Å². The molecule has 6 aromatic rings. The van der Waals surface area contributed by atoms with Gasteiger partial charge in [0.05, 0.1) is 13.2 Å². The van der Waals surface area contributed by atoms with Crippen LogP contribution >= 0.6 is 0 Å². The standard InChI is InChI=1S/C12H11N4.C11H8N4.BF4/c1-15-9-16(10-5-3-2-4-6-10)12-11(15)13-7-8-14-12;1-2-4-9(5-3-1)15-8-14-10-11(15)13-7-6-12-10;2-1(3,4)5/h2-9H,1H3;1-8H;/q+1;;-1. The van der Waals surface area contributed by atoms with Gasteiger partial charge in [0.25, 0.3) is 5.65 Å². The van der Waals surface area contributed by atoms with Gasteiger partial charge in [-0.05, 0) is 24.3 Å². The predicted octanol–water partition coefficient (Wildman–Crippen LogP) is 4.36. The van der Waals surface area contributed by atoms with E-state index in [0.29, 0.717) is 5.65 Å². The van der Waals surface area contributed by atoms with Gasteiger partial charge in [0.1, 0.15) is 18.2 Å². The lowest BCUT2D eigenvalue weighted by molar-refractivity contribution is -0.647. The number of aromatic nitrogens is 8. The van der Waals surface area contributed by atoms with E-state index in [9.17, 15) is 17.3 Å². The number of hydrogen-bond donors (Lipinski definition) is 0. The molecule has 0 aliphatic carbocycles. The second-order valence-corrected chi connectivity index (χ2v) is 7.28. The first-order valence-corrected chi connectivity index (χ1v) is 10.6. The van der Waals surface area contributed by atoms with Gasteiger partial charge in [0, 0.05) is 18.1 Å². The van der Waals surface area contributed by atoms with Crippen molar-refractivity contribution in [2.45, 2.75) is 0 Å². The second-order valence-electron chi connectivity index (χ2n) is 7.28.